The van der Waals surface area contributed by atoms with Crippen LogP contribution in [0.1, 0.15) is 23.2 Å². The van der Waals surface area contributed by atoms with Crippen molar-refractivity contribution in [3.05, 3.63) is 23.8 Å². The van der Waals surface area contributed by atoms with Gasteiger partial charge in [-0.15, -0.1) is 0 Å². The maximum absolute atomic E-state index is 12.2. The number of likely N-dealkylation sites (N-methyl/N-ethyl adjacent to an activating group) is 1. The standard InChI is InChI=1S/C16H20BNO7/c1-18-9-15(21)24-17(25-16(22)10-18)7-3-4-13(19)12-6-5-11(23-2)8-14(12)20/h5-6,8,20H,3-4,7,9-10H2,1-2H3. The number of aromatic hydroxyl groups is 1. The molecule has 0 aliphatic carbocycles. The first-order chi connectivity index (χ1) is 11.9. The zero-order chi connectivity index (χ0) is 18.4. The average molecular weight is 349 g/mol. The second-order valence-corrected chi connectivity index (χ2v) is 5.78. The molecule has 0 unspecified atom stereocenters. The van der Waals surface area contributed by atoms with Crippen LogP contribution in [0.2, 0.25) is 6.32 Å². The molecular formula is C16H20BNO7. The van der Waals surface area contributed by atoms with Crippen molar-refractivity contribution in [2.75, 3.05) is 27.2 Å². The molecule has 1 fully saturated rings. The number of carbonyl (C=O) groups excluding carboxylic acids is 3. The lowest BCUT2D eigenvalue weighted by atomic mass is 9.81. The van der Waals surface area contributed by atoms with Gasteiger partial charge in [0.25, 0.3) is 0 Å². The third-order valence-electron chi connectivity index (χ3n) is 3.67. The number of methoxy groups -OCH3 is 1. The molecule has 25 heavy (non-hydrogen) atoms. The molecule has 1 aromatic rings. The molecule has 9 heteroatoms. The van der Waals surface area contributed by atoms with E-state index in [4.69, 9.17) is 14.0 Å². The Bertz CT molecular complexity index is 644. The minimum absolute atomic E-state index is 0.00422. The van der Waals surface area contributed by atoms with Crippen LogP contribution in [0.4, 0.5) is 0 Å². The smallest absolute Gasteiger partial charge is 0.507 e. The van der Waals surface area contributed by atoms with Crippen LogP contribution in [0.3, 0.4) is 0 Å². The molecule has 2 rings (SSSR count). The van der Waals surface area contributed by atoms with Crippen molar-refractivity contribution < 1.29 is 33.5 Å². The molecule has 1 saturated heterocycles. The predicted molar refractivity (Wildman–Crippen MR) is 88.5 cm³/mol. The number of rotatable bonds is 6. The maximum Gasteiger partial charge on any atom is 0.598 e. The van der Waals surface area contributed by atoms with Crippen molar-refractivity contribution in [2.24, 2.45) is 0 Å². The first kappa shape index (κ1) is 18.8. The number of phenols is 1. The second-order valence-electron chi connectivity index (χ2n) is 5.78. The van der Waals surface area contributed by atoms with Crippen LogP contribution in [-0.2, 0) is 18.9 Å². The summed E-state index contributed by atoms with van der Waals surface area (Å²) < 4.78 is 15.1. The quantitative estimate of drug-likeness (QED) is 0.597. The number of hydrogen-bond donors (Lipinski definition) is 1. The third kappa shape index (κ3) is 5.49. The Balaban J connectivity index is 1.87. The highest BCUT2D eigenvalue weighted by Crippen LogP contribution is 2.25. The molecule has 1 aliphatic rings. The monoisotopic (exact) mass is 349 g/mol. The van der Waals surface area contributed by atoms with Crippen LogP contribution >= 0.6 is 0 Å². The minimum Gasteiger partial charge on any atom is -0.507 e. The predicted octanol–water partition coefficient (Wildman–Crippen LogP) is 0.884. The van der Waals surface area contributed by atoms with Crippen molar-refractivity contribution in [1.82, 2.24) is 4.90 Å². The molecule has 1 aromatic carbocycles. The van der Waals surface area contributed by atoms with E-state index in [1.165, 1.54) is 24.1 Å². The summed E-state index contributed by atoms with van der Waals surface area (Å²) in [5.74, 6) is -0.940. The Kier molecular flexibility index (Phi) is 6.41. The Labute approximate surface area is 145 Å². The van der Waals surface area contributed by atoms with Crippen LogP contribution in [0, 0.1) is 0 Å². The summed E-state index contributed by atoms with van der Waals surface area (Å²) in [6.07, 6.45) is 0.667. The number of Topliss-reactive ketones (excluding diaryl/α,β-unsaturated/α-hetero) is 1. The Morgan fingerprint density at radius 2 is 1.92 bits per heavy atom. The van der Waals surface area contributed by atoms with Crippen LogP contribution in [-0.4, -0.2) is 62.1 Å². The Morgan fingerprint density at radius 3 is 2.48 bits per heavy atom. The first-order valence-corrected chi connectivity index (χ1v) is 7.86. The molecule has 0 radical (unpaired) electrons. The molecule has 0 spiro atoms. The highest BCUT2D eigenvalue weighted by Gasteiger charge is 2.31. The number of ketones is 1. The van der Waals surface area contributed by atoms with E-state index in [9.17, 15) is 19.5 Å². The topological polar surface area (TPSA) is 102 Å². The second kappa shape index (κ2) is 8.52. The number of benzene rings is 1. The van der Waals surface area contributed by atoms with E-state index in [0.717, 1.165) is 0 Å². The zero-order valence-corrected chi connectivity index (χ0v) is 14.2. The maximum atomic E-state index is 12.2. The fraction of sp³-hybridized carbons (Fsp3) is 0.438. The lowest BCUT2D eigenvalue weighted by Gasteiger charge is -2.22. The van der Waals surface area contributed by atoms with E-state index in [-0.39, 0.29) is 42.9 Å². The molecule has 0 saturated carbocycles. The number of hydrogen-bond acceptors (Lipinski definition) is 8. The van der Waals surface area contributed by atoms with Crippen LogP contribution in [0.25, 0.3) is 0 Å². The largest absolute Gasteiger partial charge is 0.598 e. The van der Waals surface area contributed by atoms with Gasteiger partial charge in [-0.3, -0.25) is 19.3 Å². The number of nitrogens with zero attached hydrogens (tertiary/aromatic N) is 1. The van der Waals surface area contributed by atoms with E-state index < -0.39 is 19.1 Å². The van der Waals surface area contributed by atoms with Gasteiger partial charge in [-0.1, -0.05) is 0 Å². The third-order valence-corrected chi connectivity index (χ3v) is 3.67. The zero-order valence-electron chi connectivity index (χ0n) is 14.2. The SMILES string of the molecule is COc1ccc(C(=O)CCCB2OC(=O)CN(C)CC(=O)O2)c(O)c1. The molecule has 1 aliphatic heterocycles. The lowest BCUT2D eigenvalue weighted by molar-refractivity contribution is -0.145. The summed E-state index contributed by atoms with van der Waals surface area (Å²) in [7, 11) is 2.08. The van der Waals surface area contributed by atoms with E-state index in [2.05, 4.69) is 0 Å². The summed E-state index contributed by atoms with van der Waals surface area (Å²) in [6, 6.07) is 4.44. The van der Waals surface area contributed by atoms with Crippen LogP contribution < -0.4 is 4.74 Å². The van der Waals surface area contributed by atoms with Crippen molar-refractivity contribution in [3.8, 4) is 11.5 Å². The number of carbonyl (C=O) groups is 3. The van der Waals surface area contributed by atoms with Gasteiger partial charge in [0.1, 0.15) is 11.5 Å². The Hall–Kier alpha value is -2.55. The molecular weight excluding hydrogens is 329 g/mol. The van der Waals surface area contributed by atoms with Gasteiger partial charge >= 0.3 is 19.1 Å². The summed E-state index contributed by atoms with van der Waals surface area (Å²) >= 11 is 0. The van der Waals surface area contributed by atoms with E-state index in [0.29, 0.717) is 12.2 Å². The van der Waals surface area contributed by atoms with Crippen LogP contribution in [0.15, 0.2) is 18.2 Å². The normalized spacial score (nSPS) is 15.8. The van der Waals surface area contributed by atoms with Gasteiger partial charge in [0, 0.05) is 18.8 Å². The van der Waals surface area contributed by atoms with Gasteiger partial charge in [0.05, 0.1) is 25.8 Å². The average Bonchev–Trinajstić information content (AvgIpc) is 2.52. The molecule has 1 heterocycles. The molecule has 0 aromatic heterocycles. The lowest BCUT2D eigenvalue weighted by Crippen LogP contribution is -2.42. The number of ether oxygens (including phenoxy) is 1. The molecule has 0 atom stereocenters. The van der Waals surface area contributed by atoms with Crippen molar-refractivity contribution in [3.63, 3.8) is 0 Å². The summed E-state index contributed by atoms with van der Waals surface area (Å²) in [4.78, 5) is 36.9. The molecule has 0 bridgehead atoms. The highest BCUT2D eigenvalue weighted by molar-refractivity contribution is 6.49. The van der Waals surface area contributed by atoms with Gasteiger partial charge in [-0.25, -0.2) is 0 Å². The fourth-order valence-corrected chi connectivity index (χ4v) is 2.44. The van der Waals surface area contributed by atoms with Gasteiger partial charge in [0.15, 0.2) is 5.78 Å². The van der Waals surface area contributed by atoms with E-state index in [1.54, 1.807) is 13.1 Å². The molecule has 0 amide bonds. The van der Waals surface area contributed by atoms with Crippen LogP contribution in [0.5, 0.6) is 11.5 Å². The van der Waals surface area contributed by atoms with E-state index >= 15 is 0 Å². The van der Waals surface area contributed by atoms with Gasteiger partial charge < -0.3 is 19.2 Å². The van der Waals surface area contributed by atoms with Crippen molar-refractivity contribution >= 4 is 24.8 Å². The summed E-state index contributed by atoms with van der Waals surface area (Å²) in [5, 5.41) is 9.86. The summed E-state index contributed by atoms with van der Waals surface area (Å²) in [6.45, 7) is 0.00843. The van der Waals surface area contributed by atoms with Gasteiger partial charge in [-0.05, 0) is 25.6 Å². The highest BCUT2D eigenvalue weighted by atomic mass is 16.6. The first-order valence-electron chi connectivity index (χ1n) is 7.86. The van der Waals surface area contributed by atoms with Crippen molar-refractivity contribution in [1.29, 1.82) is 0 Å². The fourth-order valence-electron chi connectivity index (χ4n) is 2.44. The molecule has 134 valence electrons. The molecule has 1 N–H and O–H groups in total. The van der Waals surface area contributed by atoms with Gasteiger partial charge in [0.2, 0.25) is 0 Å². The van der Waals surface area contributed by atoms with Crippen molar-refractivity contribution in [2.45, 2.75) is 19.2 Å². The van der Waals surface area contributed by atoms with Gasteiger partial charge in [-0.2, -0.15) is 0 Å². The minimum atomic E-state index is -0.994. The molecule has 8 nitrogen and oxygen atoms in total. The van der Waals surface area contributed by atoms with E-state index in [1.807, 2.05) is 0 Å². The number of phenolic OH excluding ortho intramolecular Hbond substituents is 1. The summed E-state index contributed by atoms with van der Waals surface area (Å²) in [5.41, 5.74) is 0.189. The Morgan fingerprint density at radius 1 is 1.28 bits per heavy atom.